The largest absolute Gasteiger partial charge is 0.494 e. The van der Waals surface area contributed by atoms with Crippen molar-refractivity contribution in [3.05, 3.63) is 59.4 Å². The Hall–Kier alpha value is -2.56. The molecule has 0 saturated heterocycles. The molecule has 4 nitrogen and oxygen atoms in total. The fraction of sp³-hybridized carbons (Fsp3) is 0.316. The number of para-hydroxylation sites is 1. The minimum Gasteiger partial charge on any atom is -0.494 e. The van der Waals surface area contributed by atoms with E-state index in [0.717, 1.165) is 12.2 Å². The number of benzene rings is 2. The van der Waals surface area contributed by atoms with E-state index in [0.29, 0.717) is 18.7 Å². The number of rotatable bonds is 5. The summed E-state index contributed by atoms with van der Waals surface area (Å²) >= 11 is 0. The van der Waals surface area contributed by atoms with Crippen LogP contribution in [0.25, 0.3) is 0 Å². The van der Waals surface area contributed by atoms with Gasteiger partial charge in [-0.2, -0.15) is 0 Å². The highest BCUT2D eigenvalue weighted by atomic mass is 19.1. The van der Waals surface area contributed by atoms with Crippen molar-refractivity contribution in [2.24, 2.45) is 5.92 Å². The molecule has 0 bridgehead atoms. The number of fused-ring (bicyclic) bond motifs is 1. The summed E-state index contributed by atoms with van der Waals surface area (Å²) in [5, 5.41) is 2.91. The van der Waals surface area contributed by atoms with Gasteiger partial charge in [0, 0.05) is 12.5 Å². The summed E-state index contributed by atoms with van der Waals surface area (Å²) in [4.78, 5) is 12.1. The van der Waals surface area contributed by atoms with Gasteiger partial charge in [-0.25, -0.2) is 4.39 Å². The van der Waals surface area contributed by atoms with E-state index in [2.05, 4.69) is 5.32 Å². The van der Waals surface area contributed by atoms with Gasteiger partial charge in [-0.05, 0) is 35.7 Å². The van der Waals surface area contributed by atoms with Gasteiger partial charge in [0.05, 0.1) is 20.1 Å². The van der Waals surface area contributed by atoms with E-state index in [4.69, 9.17) is 9.47 Å². The third-order valence-electron chi connectivity index (χ3n) is 4.12. The molecule has 0 saturated carbocycles. The Bertz CT molecular complexity index is 732. The van der Waals surface area contributed by atoms with Crippen LogP contribution in [0.15, 0.2) is 42.5 Å². The maximum absolute atomic E-state index is 13.6. The lowest BCUT2D eigenvalue weighted by Crippen LogP contribution is -2.35. The molecule has 3 rings (SSSR count). The maximum atomic E-state index is 13.6. The molecule has 1 atom stereocenters. The first kappa shape index (κ1) is 16.3. The Balaban J connectivity index is 1.50. The van der Waals surface area contributed by atoms with Crippen LogP contribution in [0, 0.1) is 11.7 Å². The van der Waals surface area contributed by atoms with Gasteiger partial charge >= 0.3 is 0 Å². The van der Waals surface area contributed by atoms with E-state index in [1.165, 1.54) is 24.8 Å². The quantitative estimate of drug-likeness (QED) is 0.917. The van der Waals surface area contributed by atoms with Crippen LogP contribution in [-0.4, -0.2) is 26.2 Å². The summed E-state index contributed by atoms with van der Waals surface area (Å²) in [7, 11) is 1.41. The van der Waals surface area contributed by atoms with Crippen molar-refractivity contribution >= 4 is 5.91 Å². The van der Waals surface area contributed by atoms with Crippen LogP contribution in [0.1, 0.15) is 11.1 Å². The van der Waals surface area contributed by atoms with Crippen LogP contribution in [0.3, 0.4) is 0 Å². The maximum Gasteiger partial charge on any atom is 0.224 e. The Morgan fingerprint density at radius 2 is 2.17 bits per heavy atom. The number of carbonyl (C=O) groups excluding carboxylic acids is 1. The zero-order chi connectivity index (χ0) is 16.9. The number of carbonyl (C=O) groups is 1. The minimum atomic E-state index is -0.458. The molecule has 1 aliphatic heterocycles. The molecule has 1 N–H and O–H groups in total. The summed E-state index contributed by atoms with van der Waals surface area (Å²) in [5.41, 5.74) is 1.79. The van der Waals surface area contributed by atoms with Crippen LogP contribution < -0.4 is 14.8 Å². The fourth-order valence-corrected chi connectivity index (χ4v) is 2.85. The van der Waals surface area contributed by atoms with E-state index in [1.54, 1.807) is 6.07 Å². The highest BCUT2D eigenvalue weighted by molar-refractivity contribution is 5.78. The van der Waals surface area contributed by atoms with Gasteiger partial charge in [0.15, 0.2) is 11.6 Å². The molecular weight excluding hydrogens is 309 g/mol. The Morgan fingerprint density at radius 3 is 2.96 bits per heavy atom. The molecule has 1 amide bonds. The van der Waals surface area contributed by atoms with E-state index in [9.17, 15) is 9.18 Å². The average molecular weight is 329 g/mol. The molecule has 0 aromatic heterocycles. The average Bonchev–Trinajstić information content (AvgIpc) is 2.60. The van der Waals surface area contributed by atoms with Crippen molar-refractivity contribution < 1.29 is 18.7 Å². The predicted octanol–water partition coefficient (Wildman–Crippen LogP) is 2.74. The lowest BCUT2D eigenvalue weighted by atomic mass is 9.96. The second kappa shape index (κ2) is 7.34. The highest BCUT2D eigenvalue weighted by Crippen LogP contribution is 2.26. The number of hydrogen-bond acceptors (Lipinski definition) is 3. The summed E-state index contributed by atoms with van der Waals surface area (Å²) in [6, 6.07) is 12.5. The molecule has 0 fully saturated rings. The van der Waals surface area contributed by atoms with Gasteiger partial charge in [0.2, 0.25) is 5.91 Å². The zero-order valence-electron chi connectivity index (χ0n) is 13.5. The predicted molar refractivity (Wildman–Crippen MR) is 88.8 cm³/mol. The molecule has 0 spiro atoms. The number of halogens is 1. The summed E-state index contributed by atoms with van der Waals surface area (Å²) in [5.74, 6) is 0.765. The summed E-state index contributed by atoms with van der Waals surface area (Å²) < 4.78 is 24.2. The van der Waals surface area contributed by atoms with Crippen molar-refractivity contribution in [2.45, 2.75) is 12.8 Å². The van der Waals surface area contributed by atoms with Gasteiger partial charge < -0.3 is 14.8 Å². The number of ether oxygens (including phenoxy) is 2. The number of methoxy groups -OCH3 is 1. The normalized spacial score (nSPS) is 16.0. The molecule has 2 aromatic carbocycles. The molecule has 5 heteroatoms. The van der Waals surface area contributed by atoms with E-state index in [1.807, 2.05) is 24.3 Å². The first-order valence-electron chi connectivity index (χ1n) is 7.95. The molecular formula is C19H20FNO3. The third kappa shape index (κ3) is 3.85. The van der Waals surface area contributed by atoms with Crippen molar-refractivity contribution in [3.8, 4) is 11.5 Å². The van der Waals surface area contributed by atoms with Crippen LogP contribution in [0.5, 0.6) is 11.5 Å². The van der Waals surface area contributed by atoms with Crippen LogP contribution >= 0.6 is 0 Å². The van der Waals surface area contributed by atoms with E-state index in [-0.39, 0.29) is 24.0 Å². The molecule has 1 aliphatic rings. The molecule has 0 aliphatic carbocycles. The Labute approximate surface area is 140 Å². The molecule has 0 unspecified atom stereocenters. The lowest BCUT2D eigenvalue weighted by molar-refractivity contribution is -0.120. The molecule has 1 heterocycles. The second-order valence-corrected chi connectivity index (χ2v) is 5.94. The van der Waals surface area contributed by atoms with Crippen molar-refractivity contribution in [3.63, 3.8) is 0 Å². The molecule has 126 valence electrons. The van der Waals surface area contributed by atoms with Gasteiger partial charge in [-0.1, -0.05) is 24.3 Å². The highest BCUT2D eigenvalue weighted by Gasteiger charge is 2.20. The topological polar surface area (TPSA) is 47.6 Å². The van der Waals surface area contributed by atoms with Crippen LogP contribution in [-0.2, 0) is 17.6 Å². The smallest absolute Gasteiger partial charge is 0.224 e. The summed E-state index contributed by atoms with van der Waals surface area (Å²) in [6.45, 7) is 1.14. The zero-order valence-corrected chi connectivity index (χ0v) is 13.5. The SMILES string of the molecule is COc1ccc(CC(=O)NC[C@@H]2COc3ccccc3C2)cc1F. The number of hydrogen-bond donors (Lipinski definition) is 1. The molecule has 24 heavy (non-hydrogen) atoms. The molecule has 2 aromatic rings. The lowest BCUT2D eigenvalue weighted by Gasteiger charge is -2.25. The van der Waals surface area contributed by atoms with Crippen molar-refractivity contribution in [1.29, 1.82) is 0 Å². The number of amides is 1. The fourth-order valence-electron chi connectivity index (χ4n) is 2.85. The van der Waals surface area contributed by atoms with Gasteiger partial charge in [-0.3, -0.25) is 4.79 Å². The number of nitrogens with one attached hydrogen (secondary N) is 1. The Morgan fingerprint density at radius 1 is 1.33 bits per heavy atom. The first-order valence-corrected chi connectivity index (χ1v) is 7.95. The molecule has 0 radical (unpaired) electrons. The van der Waals surface area contributed by atoms with Crippen LogP contribution in [0.2, 0.25) is 0 Å². The van der Waals surface area contributed by atoms with Gasteiger partial charge in [0.25, 0.3) is 0 Å². The van der Waals surface area contributed by atoms with Crippen molar-refractivity contribution in [2.75, 3.05) is 20.3 Å². The van der Waals surface area contributed by atoms with E-state index >= 15 is 0 Å². The summed E-state index contributed by atoms with van der Waals surface area (Å²) in [6.07, 6.45) is 1.03. The Kier molecular flexibility index (Phi) is 4.99. The van der Waals surface area contributed by atoms with E-state index < -0.39 is 5.82 Å². The monoisotopic (exact) mass is 329 g/mol. The minimum absolute atomic E-state index is 0.126. The second-order valence-electron chi connectivity index (χ2n) is 5.94. The van der Waals surface area contributed by atoms with Crippen LogP contribution in [0.4, 0.5) is 4.39 Å². The van der Waals surface area contributed by atoms with Gasteiger partial charge in [0.1, 0.15) is 5.75 Å². The van der Waals surface area contributed by atoms with Crippen molar-refractivity contribution in [1.82, 2.24) is 5.32 Å². The third-order valence-corrected chi connectivity index (χ3v) is 4.12. The standard InChI is InChI=1S/C19H20FNO3/c1-23-18-7-6-13(9-16(18)20)10-19(22)21-11-14-8-15-4-2-3-5-17(15)24-12-14/h2-7,9,14H,8,10-12H2,1H3,(H,21,22)/t14-/m1/s1. The van der Waals surface area contributed by atoms with Gasteiger partial charge in [-0.15, -0.1) is 0 Å². The first-order chi connectivity index (χ1) is 11.7.